The molecular formula is C14H14BF5N2O3. The van der Waals surface area contributed by atoms with Gasteiger partial charge in [-0.15, -0.1) is 0 Å². The SMILES string of the molecule is OB(O)c1c(C(F)F)c(C(F)(F)F)cc2c1cnn2C1CCCCO1. The van der Waals surface area contributed by atoms with Crippen LogP contribution in [-0.2, 0) is 10.9 Å². The van der Waals surface area contributed by atoms with Crippen LogP contribution < -0.4 is 5.46 Å². The Morgan fingerprint density at radius 3 is 2.52 bits per heavy atom. The van der Waals surface area contributed by atoms with Gasteiger partial charge in [0.25, 0.3) is 6.43 Å². The summed E-state index contributed by atoms with van der Waals surface area (Å²) in [5.41, 5.74) is -4.08. The lowest BCUT2D eigenvalue weighted by molar-refractivity contribution is -0.139. The monoisotopic (exact) mass is 364 g/mol. The first-order valence-electron chi connectivity index (χ1n) is 7.59. The van der Waals surface area contributed by atoms with Crippen LogP contribution in [0.3, 0.4) is 0 Å². The third-order valence-electron chi connectivity index (χ3n) is 4.20. The van der Waals surface area contributed by atoms with Gasteiger partial charge in [-0.05, 0) is 25.3 Å². The van der Waals surface area contributed by atoms with Crippen LogP contribution in [0.5, 0.6) is 0 Å². The van der Waals surface area contributed by atoms with Crippen molar-refractivity contribution in [2.24, 2.45) is 0 Å². The number of hydrogen-bond donors (Lipinski definition) is 2. The van der Waals surface area contributed by atoms with E-state index in [0.29, 0.717) is 19.1 Å². The van der Waals surface area contributed by atoms with Crippen LogP contribution in [0.15, 0.2) is 12.3 Å². The number of rotatable bonds is 3. The Morgan fingerprint density at radius 1 is 1.28 bits per heavy atom. The van der Waals surface area contributed by atoms with E-state index in [-0.39, 0.29) is 10.9 Å². The standard InChI is InChI=1S/C14H14BF5N2O3/c16-13(17)11-8(14(18,19)20)5-9-7(12(11)15(23)24)6-21-22(9)10-3-1-2-4-25-10/h5-6,10,13,23-24H,1-4H2. The first kappa shape index (κ1) is 18.1. The third-order valence-corrected chi connectivity index (χ3v) is 4.20. The Labute approximate surface area is 139 Å². The molecule has 2 aromatic rings. The van der Waals surface area contributed by atoms with Gasteiger partial charge in [0.15, 0.2) is 6.23 Å². The molecule has 1 aromatic heterocycles. The van der Waals surface area contributed by atoms with Gasteiger partial charge in [0.1, 0.15) is 0 Å². The number of fused-ring (bicyclic) bond motifs is 1. The summed E-state index contributed by atoms with van der Waals surface area (Å²) in [6, 6.07) is 0.563. The molecule has 0 bridgehead atoms. The molecule has 2 heterocycles. The highest BCUT2D eigenvalue weighted by Gasteiger charge is 2.41. The molecule has 1 aliphatic rings. The van der Waals surface area contributed by atoms with Crippen LogP contribution in [0.1, 0.15) is 43.0 Å². The van der Waals surface area contributed by atoms with Gasteiger partial charge in [-0.25, -0.2) is 13.5 Å². The van der Waals surface area contributed by atoms with E-state index in [1.165, 1.54) is 4.68 Å². The zero-order chi connectivity index (χ0) is 18.4. The van der Waals surface area contributed by atoms with Crippen molar-refractivity contribution < 1.29 is 36.7 Å². The molecule has 5 nitrogen and oxygen atoms in total. The quantitative estimate of drug-likeness (QED) is 0.648. The molecule has 3 rings (SSSR count). The molecule has 1 unspecified atom stereocenters. The van der Waals surface area contributed by atoms with E-state index in [9.17, 15) is 32.0 Å². The van der Waals surface area contributed by atoms with Gasteiger partial charge in [0.05, 0.1) is 17.3 Å². The molecule has 0 aliphatic carbocycles. The molecule has 1 atom stereocenters. The zero-order valence-electron chi connectivity index (χ0n) is 12.8. The van der Waals surface area contributed by atoms with Crippen molar-refractivity contribution >= 4 is 23.5 Å². The number of aromatic nitrogens is 2. The highest BCUT2D eigenvalue weighted by atomic mass is 19.4. The fourth-order valence-electron chi connectivity index (χ4n) is 3.12. The summed E-state index contributed by atoms with van der Waals surface area (Å²) in [6.45, 7) is 0.406. The Hall–Kier alpha value is -1.72. The van der Waals surface area contributed by atoms with Crippen molar-refractivity contribution in [2.45, 2.75) is 38.1 Å². The Kier molecular flexibility index (Phi) is 4.73. The van der Waals surface area contributed by atoms with Crippen LogP contribution >= 0.6 is 0 Å². The largest absolute Gasteiger partial charge is 0.489 e. The van der Waals surface area contributed by atoms with E-state index in [1.54, 1.807) is 0 Å². The maximum atomic E-state index is 13.3. The smallest absolute Gasteiger partial charge is 0.423 e. The van der Waals surface area contributed by atoms with Crippen molar-refractivity contribution in [3.8, 4) is 0 Å². The predicted octanol–water partition coefficient (Wildman–Crippen LogP) is 2.37. The van der Waals surface area contributed by atoms with Crippen molar-refractivity contribution in [1.29, 1.82) is 0 Å². The molecule has 1 aromatic carbocycles. The lowest BCUT2D eigenvalue weighted by Crippen LogP contribution is -2.36. The van der Waals surface area contributed by atoms with Gasteiger partial charge in [-0.2, -0.15) is 18.3 Å². The predicted molar refractivity (Wildman–Crippen MR) is 78.4 cm³/mol. The normalized spacial score (nSPS) is 19.0. The highest BCUT2D eigenvalue weighted by molar-refractivity contribution is 6.62. The van der Waals surface area contributed by atoms with E-state index < -0.39 is 42.5 Å². The zero-order valence-corrected chi connectivity index (χ0v) is 12.8. The van der Waals surface area contributed by atoms with Crippen molar-refractivity contribution in [2.75, 3.05) is 6.61 Å². The van der Waals surface area contributed by atoms with Gasteiger partial charge in [-0.3, -0.25) is 0 Å². The van der Waals surface area contributed by atoms with E-state index in [0.717, 1.165) is 19.0 Å². The molecule has 2 N–H and O–H groups in total. The molecule has 0 radical (unpaired) electrons. The Balaban J connectivity index is 2.30. The summed E-state index contributed by atoms with van der Waals surface area (Å²) in [6.07, 6.45) is -6.12. The fourth-order valence-corrected chi connectivity index (χ4v) is 3.12. The molecule has 0 spiro atoms. The topological polar surface area (TPSA) is 67.5 Å². The van der Waals surface area contributed by atoms with Gasteiger partial charge in [0.2, 0.25) is 0 Å². The Morgan fingerprint density at radius 2 is 2.00 bits per heavy atom. The number of ether oxygens (including phenoxy) is 1. The van der Waals surface area contributed by atoms with E-state index >= 15 is 0 Å². The van der Waals surface area contributed by atoms with Crippen molar-refractivity contribution in [3.05, 3.63) is 23.4 Å². The summed E-state index contributed by atoms with van der Waals surface area (Å²) in [4.78, 5) is 0. The van der Waals surface area contributed by atoms with Gasteiger partial charge >= 0.3 is 13.3 Å². The molecular weight excluding hydrogens is 350 g/mol. The van der Waals surface area contributed by atoms with Crippen LogP contribution in [0, 0.1) is 0 Å². The molecule has 11 heteroatoms. The van der Waals surface area contributed by atoms with Crippen molar-refractivity contribution in [1.82, 2.24) is 9.78 Å². The number of benzene rings is 1. The van der Waals surface area contributed by atoms with E-state index in [4.69, 9.17) is 4.74 Å². The van der Waals surface area contributed by atoms with Gasteiger partial charge < -0.3 is 14.8 Å². The average Bonchev–Trinajstić information content (AvgIpc) is 2.96. The van der Waals surface area contributed by atoms with Crippen molar-refractivity contribution in [3.63, 3.8) is 0 Å². The Bertz CT molecular complexity index is 772. The second-order valence-electron chi connectivity index (χ2n) is 5.77. The van der Waals surface area contributed by atoms with E-state index in [1.807, 2.05) is 0 Å². The average molecular weight is 364 g/mol. The molecule has 0 saturated carbocycles. The van der Waals surface area contributed by atoms with Crippen LogP contribution in [0.25, 0.3) is 10.9 Å². The minimum Gasteiger partial charge on any atom is -0.423 e. The second kappa shape index (κ2) is 6.54. The maximum Gasteiger partial charge on any atom is 0.489 e. The molecule has 1 fully saturated rings. The second-order valence-corrected chi connectivity index (χ2v) is 5.77. The minimum absolute atomic E-state index is 0.133. The lowest BCUT2D eigenvalue weighted by atomic mass is 9.73. The lowest BCUT2D eigenvalue weighted by Gasteiger charge is -2.24. The first-order valence-corrected chi connectivity index (χ1v) is 7.59. The first-order chi connectivity index (χ1) is 11.7. The van der Waals surface area contributed by atoms with Gasteiger partial charge in [0, 0.05) is 23.0 Å². The summed E-state index contributed by atoms with van der Waals surface area (Å²) < 4.78 is 73.1. The molecule has 25 heavy (non-hydrogen) atoms. The minimum atomic E-state index is -5.09. The summed E-state index contributed by atoms with van der Waals surface area (Å²) >= 11 is 0. The summed E-state index contributed by atoms with van der Waals surface area (Å²) in [5.74, 6) is 0. The molecule has 1 saturated heterocycles. The van der Waals surface area contributed by atoms with Crippen LogP contribution in [0.2, 0.25) is 0 Å². The number of halogens is 5. The van der Waals surface area contributed by atoms with Crippen LogP contribution in [-0.4, -0.2) is 33.6 Å². The fraction of sp³-hybridized carbons (Fsp3) is 0.500. The van der Waals surface area contributed by atoms with Crippen LogP contribution in [0.4, 0.5) is 22.0 Å². The summed E-state index contributed by atoms with van der Waals surface area (Å²) in [7, 11) is -2.50. The molecule has 1 aliphatic heterocycles. The number of nitrogens with zero attached hydrogens (tertiary/aromatic N) is 2. The van der Waals surface area contributed by atoms with Gasteiger partial charge in [-0.1, -0.05) is 0 Å². The third kappa shape index (κ3) is 3.23. The van der Waals surface area contributed by atoms with E-state index in [2.05, 4.69) is 5.10 Å². The maximum absolute atomic E-state index is 13.3. The molecule has 136 valence electrons. The number of hydrogen-bond acceptors (Lipinski definition) is 4. The highest BCUT2D eigenvalue weighted by Crippen LogP contribution is 2.38. The number of alkyl halides is 5. The molecule has 0 amide bonds. The summed E-state index contributed by atoms with van der Waals surface area (Å²) in [5, 5.41) is 22.7.